The minimum Gasteiger partial charge on any atom is -0.378 e. The summed E-state index contributed by atoms with van der Waals surface area (Å²) in [5, 5.41) is 11.2. The van der Waals surface area contributed by atoms with E-state index >= 15 is 0 Å². The Kier molecular flexibility index (Phi) is 4.95. The van der Waals surface area contributed by atoms with E-state index in [1.807, 2.05) is 23.6 Å². The number of hydrogen-bond acceptors (Lipinski definition) is 5. The van der Waals surface area contributed by atoms with Gasteiger partial charge in [0.05, 0.1) is 29.9 Å². The predicted octanol–water partition coefficient (Wildman–Crippen LogP) is 2.42. The number of halogens is 1. The first-order valence-corrected chi connectivity index (χ1v) is 7.14. The second-order valence-electron chi connectivity index (χ2n) is 4.82. The van der Waals surface area contributed by atoms with Crippen LogP contribution in [0.5, 0.6) is 0 Å². The number of rotatable bonds is 5. The zero-order valence-corrected chi connectivity index (χ0v) is 12.3. The number of anilines is 2. The highest BCUT2D eigenvalue weighted by molar-refractivity contribution is 5.71. The number of hydrogen-bond donors (Lipinski definition) is 0. The second-order valence-corrected chi connectivity index (χ2v) is 4.82. The zero-order chi connectivity index (χ0) is 15.4. The van der Waals surface area contributed by atoms with Crippen molar-refractivity contribution in [3.05, 3.63) is 28.1 Å². The van der Waals surface area contributed by atoms with Crippen LogP contribution >= 0.6 is 0 Å². The standard InChI is InChI=1S/C14H20FN3O3/c1-3-16(4-2)12-10-13(17-5-7-21-8-6-17)14(18(19)20)9-11(12)15/h9-10H,3-8H2,1-2H3. The Bertz CT molecular complexity index is 514. The van der Waals surface area contributed by atoms with E-state index in [0.717, 1.165) is 6.07 Å². The van der Waals surface area contributed by atoms with Crippen molar-refractivity contribution >= 4 is 17.1 Å². The first-order chi connectivity index (χ1) is 10.1. The van der Waals surface area contributed by atoms with Crippen molar-refractivity contribution in [3.8, 4) is 0 Å². The lowest BCUT2D eigenvalue weighted by Gasteiger charge is -2.30. The third-order valence-corrected chi connectivity index (χ3v) is 3.70. The van der Waals surface area contributed by atoms with Crippen LogP contribution in [-0.2, 0) is 4.74 Å². The van der Waals surface area contributed by atoms with Crippen molar-refractivity contribution in [2.24, 2.45) is 0 Å². The van der Waals surface area contributed by atoms with E-state index in [0.29, 0.717) is 50.8 Å². The van der Waals surface area contributed by atoms with Crippen molar-refractivity contribution in [1.29, 1.82) is 0 Å². The van der Waals surface area contributed by atoms with Crippen LogP contribution in [-0.4, -0.2) is 44.3 Å². The summed E-state index contributed by atoms with van der Waals surface area (Å²) in [6.07, 6.45) is 0. The van der Waals surface area contributed by atoms with E-state index in [-0.39, 0.29) is 5.69 Å². The molecule has 116 valence electrons. The van der Waals surface area contributed by atoms with Crippen LogP contribution in [0.4, 0.5) is 21.5 Å². The maximum atomic E-state index is 14.2. The van der Waals surface area contributed by atoms with Gasteiger partial charge < -0.3 is 14.5 Å². The molecule has 1 heterocycles. The molecule has 1 aliphatic heterocycles. The number of nitro benzene ring substituents is 1. The Hall–Kier alpha value is -1.89. The average molecular weight is 297 g/mol. The number of benzene rings is 1. The van der Waals surface area contributed by atoms with Crippen LogP contribution < -0.4 is 9.80 Å². The molecule has 0 bridgehead atoms. The smallest absolute Gasteiger partial charge is 0.295 e. The van der Waals surface area contributed by atoms with E-state index in [1.165, 1.54) is 0 Å². The summed E-state index contributed by atoms with van der Waals surface area (Å²) in [6.45, 7) is 7.34. The highest BCUT2D eigenvalue weighted by atomic mass is 19.1. The van der Waals surface area contributed by atoms with Gasteiger partial charge in [0.25, 0.3) is 5.69 Å². The summed E-state index contributed by atoms with van der Waals surface area (Å²) in [7, 11) is 0. The molecule has 21 heavy (non-hydrogen) atoms. The van der Waals surface area contributed by atoms with Crippen LogP contribution in [0, 0.1) is 15.9 Å². The molecule has 0 spiro atoms. The molecular formula is C14H20FN3O3. The van der Waals surface area contributed by atoms with Crippen molar-refractivity contribution in [2.75, 3.05) is 49.2 Å². The molecular weight excluding hydrogens is 277 g/mol. The van der Waals surface area contributed by atoms with E-state index in [4.69, 9.17) is 4.74 Å². The molecule has 0 N–H and O–H groups in total. The van der Waals surface area contributed by atoms with Gasteiger partial charge in [-0.3, -0.25) is 10.1 Å². The Morgan fingerprint density at radius 2 is 1.95 bits per heavy atom. The topological polar surface area (TPSA) is 58.8 Å². The number of nitro groups is 1. The summed E-state index contributed by atoms with van der Waals surface area (Å²) < 4.78 is 19.5. The summed E-state index contributed by atoms with van der Waals surface area (Å²) in [5.74, 6) is -0.553. The van der Waals surface area contributed by atoms with Gasteiger partial charge in [0, 0.05) is 26.2 Å². The quantitative estimate of drug-likeness (QED) is 0.617. The molecule has 0 unspecified atom stereocenters. The molecule has 1 aromatic rings. The molecule has 2 rings (SSSR count). The molecule has 0 aliphatic carbocycles. The van der Waals surface area contributed by atoms with Gasteiger partial charge in [0.1, 0.15) is 5.69 Å². The summed E-state index contributed by atoms with van der Waals surface area (Å²) >= 11 is 0. The second kappa shape index (κ2) is 6.71. The third-order valence-electron chi connectivity index (χ3n) is 3.70. The molecule has 1 fully saturated rings. The van der Waals surface area contributed by atoms with Gasteiger partial charge in [0.2, 0.25) is 0 Å². The van der Waals surface area contributed by atoms with Crippen molar-refractivity contribution in [1.82, 2.24) is 0 Å². The average Bonchev–Trinajstić information content (AvgIpc) is 2.50. The van der Waals surface area contributed by atoms with Crippen LogP contribution in [0.3, 0.4) is 0 Å². The lowest BCUT2D eigenvalue weighted by atomic mass is 10.1. The molecule has 1 aromatic carbocycles. The van der Waals surface area contributed by atoms with E-state index in [1.54, 1.807) is 6.07 Å². The maximum absolute atomic E-state index is 14.2. The molecule has 1 aliphatic rings. The minimum atomic E-state index is -0.553. The predicted molar refractivity (Wildman–Crippen MR) is 79.6 cm³/mol. The van der Waals surface area contributed by atoms with Gasteiger partial charge in [-0.15, -0.1) is 0 Å². The molecule has 0 saturated carbocycles. The largest absolute Gasteiger partial charge is 0.378 e. The molecule has 0 amide bonds. The van der Waals surface area contributed by atoms with Crippen molar-refractivity contribution < 1.29 is 14.1 Å². The summed E-state index contributed by atoms with van der Waals surface area (Å²) in [4.78, 5) is 14.4. The van der Waals surface area contributed by atoms with Crippen LogP contribution in [0.1, 0.15) is 13.8 Å². The van der Waals surface area contributed by atoms with Crippen molar-refractivity contribution in [2.45, 2.75) is 13.8 Å². The highest BCUT2D eigenvalue weighted by Gasteiger charge is 2.25. The third kappa shape index (κ3) is 3.24. The lowest BCUT2D eigenvalue weighted by Crippen LogP contribution is -2.36. The number of ether oxygens (including phenoxy) is 1. The zero-order valence-electron chi connectivity index (χ0n) is 12.3. The monoisotopic (exact) mass is 297 g/mol. The highest BCUT2D eigenvalue weighted by Crippen LogP contribution is 2.35. The van der Waals surface area contributed by atoms with Gasteiger partial charge in [-0.25, -0.2) is 4.39 Å². The molecule has 6 nitrogen and oxygen atoms in total. The summed E-state index contributed by atoms with van der Waals surface area (Å²) in [5.41, 5.74) is 0.684. The van der Waals surface area contributed by atoms with Crippen LogP contribution in [0.15, 0.2) is 12.1 Å². The Morgan fingerprint density at radius 3 is 2.48 bits per heavy atom. The van der Waals surface area contributed by atoms with Gasteiger partial charge in [-0.1, -0.05) is 0 Å². The number of nitrogens with zero attached hydrogens (tertiary/aromatic N) is 3. The molecule has 0 aromatic heterocycles. The van der Waals surface area contributed by atoms with Crippen LogP contribution in [0.25, 0.3) is 0 Å². The van der Waals surface area contributed by atoms with E-state index in [9.17, 15) is 14.5 Å². The first-order valence-electron chi connectivity index (χ1n) is 7.14. The fourth-order valence-electron chi connectivity index (χ4n) is 2.55. The Morgan fingerprint density at radius 1 is 1.33 bits per heavy atom. The van der Waals surface area contributed by atoms with E-state index < -0.39 is 10.7 Å². The Balaban J connectivity index is 2.48. The molecule has 1 saturated heterocycles. The van der Waals surface area contributed by atoms with E-state index in [2.05, 4.69) is 0 Å². The maximum Gasteiger partial charge on any atom is 0.295 e. The van der Waals surface area contributed by atoms with Gasteiger partial charge in [-0.05, 0) is 19.9 Å². The van der Waals surface area contributed by atoms with Gasteiger partial charge >= 0.3 is 0 Å². The Labute approximate surface area is 123 Å². The SMILES string of the molecule is CCN(CC)c1cc(N2CCOCC2)c([N+](=O)[O-])cc1F. The fraction of sp³-hybridized carbons (Fsp3) is 0.571. The molecule has 0 atom stereocenters. The van der Waals surface area contributed by atoms with Crippen LogP contribution in [0.2, 0.25) is 0 Å². The first kappa shape index (κ1) is 15.5. The number of morpholine rings is 1. The molecule has 7 heteroatoms. The lowest BCUT2D eigenvalue weighted by molar-refractivity contribution is -0.384. The molecule has 0 radical (unpaired) electrons. The normalized spacial score (nSPS) is 15.1. The summed E-state index contributed by atoms with van der Waals surface area (Å²) in [6, 6.07) is 2.62. The fourth-order valence-corrected chi connectivity index (χ4v) is 2.55. The van der Waals surface area contributed by atoms with Gasteiger partial charge in [0.15, 0.2) is 5.82 Å². The minimum absolute atomic E-state index is 0.190. The van der Waals surface area contributed by atoms with Gasteiger partial charge in [-0.2, -0.15) is 0 Å². The van der Waals surface area contributed by atoms with Crippen molar-refractivity contribution in [3.63, 3.8) is 0 Å².